The molecule has 5 aromatic carbocycles. The minimum absolute atomic E-state index is 0.146. The molecule has 0 fully saturated rings. The van der Waals surface area contributed by atoms with Crippen molar-refractivity contribution in [1.29, 1.82) is 0 Å². The fourth-order valence-corrected chi connectivity index (χ4v) is 4.29. The number of hydrogen-bond acceptors (Lipinski definition) is 10. The van der Waals surface area contributed by atoms with E-state index in [0.29, 0.717) is 35.8 Å². The van der Waals surface area contributed by atoms with Gasteiger partial charge in [0.05, 0.1) is 35.5 Å². The monoisotopic (exact) mass is 646 g/mol. The van der Waals surface area contributed by atoms with Crippen LogP contribution in [0.25, 0.3) is 0 Å². The van der Waals surface area contributed by atoms with Gasteiger partial charge in [-0.25, -0.2) is 19.2 Å². The van der Waals surface area contributed by atoms with Crippen molar-refractivity contribution in [2.45, 2.75) is 13.8 Å². The molecule has 0 spiro atoms. The van der Waals surface area contributed by atoms with Crippen molar-refractivity contribution in [3.8, 4) is 34.5 Å². The van der Waals surface area contributed by atoms with Crippen LogP contribution in [-0.4, -0.2) is 37.1 Å². The number of ether oxygens (including phenoxy) is 6. The molecule has 0 aliphatic carbocycles. The maximum absolute atomic E-state index is 12.8. The van der Waals surface area contributed by atoms with Crippen molar-refractivity contribution in [1.82, 2.24) is 0 Å². The molecule has 5 rings (SSSR count). The molecule has 0 saturated heterocycles. The molecule has 0 amide bonds. The third kappa shape index (κ3) is 8.85. The van der Waals surface area contributed by atoms with Gasteiger partial charge in [0.1, 0.15) is 34.5 Å². The maximum atomic E-state index is 12.8. The van der Waals surface area contributed by atoms with Gasteiger partial charge in [0, 0.05) is 6.07 Å². The molecule has 242 valence electrons. The molecule has 0 aromatic heterocycles. The molecule has 0 unspecified atom stereocenters. The van der Waals surface area contributed by atoms with E-state index in [1.165, 1.54) is 66.7 Å². The smallest absolute Gasteiger partial charge is 0.343 e. The Morgan fingerprint density at radius 3 is 0.938 bits per heavy atom. The highest BCUT2D eigenvalue weighted by atomic mass is 16.6. The molecule has 0 saturated carbocycles. The van der Waals surface area contributed by atoms with Gasteiger partial charge in [-0.3, -0.25) is 0 Å². The zero-order valence-electron chi connectivity index (χ0n) is 26.0. The van der Waals surface area contributed by atoms with E-state index in [1.54, 1.807) is 54.6 Å². The van der Waals surface area contributed by atoms with E-state index in [-0.39, 0.29) is 34.1 Å². The van der Waals surface area contributed by atoms with Gasteiger partial charge in [0.15, 0.2) is 0 Å². The highest BCUT2D eigenvalue weighted by Gasteiger charge is 2.15. The second-order valence-electron chi connectivity index (χ2n) is 10.00. The third-order valence-electron chi connectivity index (χ3n) is 6.63. The van der Waals surface area contributed by atoms with Gasteiger partial charge >= 0.3 is 23.9 Å². The predicted molar refractivity (Wildman–Crippen MR) is 174 cm³/mol. The van der Waals surface area contributed by atoms with Crippen molar-refractivity contribution < 1.29 is 47.6 Å². The van der Waals surface area contributed by atoms with E-state index >= 15 is 0 Å². The number of benzene rings is 5. The van der Waals surface area contributed by atoms with E-state index in [4.69, 9.17) is 28.4 Å². The van der Waals surface area contributed by atoms with Crippen LogP contribution < -0.4 is 28.4 Å². The molecule has 0 N–H and O–H groups in total. The number of esters is 4. The Labute approximate surface area is 276 Å². The Hall–Kier alpha value is -6.42. The highest BCUT2D eigenvalue weighted by molar-refractivity contribution is 5.94. The standard InChI is InChI=1S/C38H30O10/c1-3-43-29-16-8-25(9-17-29)35(39)45-31-20-12-27(13-21-31)37(41)47-33-6-5-7-34(24-33)48-38(42)28-14-22-32(23-15-28)46-36(40)26-10-18-30(19-11-26)44-4-2/h5-24H,3-4H2,1-2H3. The number of hydrogen-bond donors (Lipinski definition) is 0. The molecule has 10 heteroatoms. The van der Waals surface area contributed by atoms with E-state index in [2.05, 4.69) is 0 Å². The summed E-state index contributed by atoms with van der Waals surface area (Å²) in [6, 6.07) is 30.9. The first-order chi connectivity index (χ1) is 23.3. The average molecular weight is 647 g/mol. The van der Waals surface area contributed by atoms with Crippen molar-refractivity contribution in [2.24, 2.45) is 0 Å². The summed E-state index contributed by atoms with van der Waals surface area (Å²) in [6.45, 7) is 4.77. The first-order valence-electron chi connectivity index (χ1n) is 15.0. The molecule has 0 radical (unpaired) electrons. The number of rotatable bonds is 12. The Balaban J connectivity index is 1.13. The minimum atomic E-state index is -0.668. The van der Waals surface area contributed by atoms with Gasteiger partial charge < -0.3 is 28.4 Å². The molecule has 10 nitrogen and oxygen atoms in total. The lowest BCUT2D eigenvalue weighted by Gasteiger charge is -2.09. The lowest BCUT2D eigenvalue weighted by Crippen LogP contribution is -2.11. The van der Waals surface area contributed by atoms with Gasteiger partial charge in [0.25, 0.3) is 0 Å². The molecule has 48 heavy (non-hydrogen) atoms. The van der Waals surface area contributed by atoms with Crippen molar-refractivity contribution in [2.75, 3.05) is 13.2 Å². The molecule has 5 aromatic rings. The predicted octanol–water partition coefficient (Wildman–Crippen LogP) is 7.36. The zero-order chi connectivity index (χ0) is 33.9. The van der Waals surface area contributed by atoms with E-state index in [1.807, 2.05) is 13.8 Å². The average Bonchev–Trinajstić information content (AvgIpc) is 3.10. The summed E-state index contributed by atoms with van der Waals surface area (Å²) in [5.74, 6) is -0.367. The number of carbonyl (C=O) groups excluding carboxylic acids is 4. The fraction of sp³-hybridized carbons (Fsp3) is 0.105. The summed E-state index contributed by atoms with van der Waals surface area (Å²) < 4.78 is 32.4. The SMILES string of the molecule is CCOc1ccc(C(=O)Oc2ccc(C(=O)Oc3cccc(OC(=O)c4ccc(OC(=O)c5ccc(OCC)cc5)cc4)c3)cc2)cc1. The Bertz CT molecular complexity index is 1740. The molecule has 0 aliphatic rings. The molecule has 0 bridgehead atoms. The Morgan fingerprint density at radius 2 is 0.646 bits per heavy atom. The Kier molecular flexibility index (Phi) is 10.8. The molecular formula is C38H30O10. The van der Waals surface area contributed by atoms with Crippen LogP contribution in [0.2, 0.25) is 0 Å². The van der Waals surface area contributed by atoms with Crippen LogP contribution in [0.5, 0.6) is 34.5 Å². The lowest BCUT2D eigenvalue weighted by atomic mass is 10.2. The van der Waals surface area contributed by atoms with Crippen LogP contribution in [0.1, 0.15) is 55.3 Å². The normalized spacial score (nSPS) is 10.4. The summed E-state index contributed by atoms with van der Waals surface area (Å²) in [5, 5.41) is 0. The largest absolute Gasteiger partial charge is 0.494 e. The van der Waals surface area contributed by atoms with Crippen LogP contribution in [0.4, 0.5) is 0 Å². The fourth-order valence-electron chi connectivity index (χ4n) is 4.29. The van der Waals surface area contributed by atoms with Gasteiger partial charge in [-0.05, 0) is 123 Å². The topological polar surface area (TPSA) is 124 Å². The molecule has 0 atom stereocenters. The van der Waals surface area contributed by atoms with Crippen LogP contribution in [0.3, 0.4) is 0 Å². The molecule has 0 heterocycles. The third-order valence-corrected chi connectivity index (χ3v) is 6.63. The van der Waals surface area contributed by atoms with Gasteiger partial charge in [-0.15, -0.1) is 0 Å². The van der Waals surface area contributed by atoms with E-state index in [9.17, 15) is 19.2 Å². The summed E-state index contributed by atoms with van der Waals surface area (Å²) in [7, 11) is 0. The maximum Gasteiger partial charge on any atom is 0.343 e. The van der Waals surface area contributed by atoms with E-state index < -0.39 is 23.9 Å². The van der Waals surface area contributed by atoms with Gasteiger partial charge in [0.2, 0.25) is 0 Å². The zero-order valence-corrected chi connectivity index (χ0v) is 26.0. The quantitative estimate of drug-likeness (QED) is 0.100. The summed E-state index contributed by atoms with van der Waals surface area (Å²) in [6.07, 6.45) is 0. The van der Waals surface area contributed by atoms with Crippen molar-refractivity contribution in [3.63, 3.8) is 0 Å². The van der Waals surface area contributed by atoms with Crippen molar-refractivity contribution >= 4 is 23.9 Å². The van der Waals surface area contributed by atoms with Crippen LogP contribution >= 0.6 is 0 Å². The molecular weight excluding hydrogens is 616 g/mol. The highest BCUT2D eigenvalue weighted by Crippen LogP contribution is 2.24. The second kappa shape index (κ2) is 15.7. The second-order valence-corrected chi connectivity index (χ2v) is 10.00. The first-order valence-corrected chi connectivity index (χ1v) is 15.0. The first kappa shape index (κ1) is 33.0. The van der Waals surface area contributed by atoms with Gasteiger partial charge in [-0.2, -0.15) is 0 Å². The summed E-state index contributed by atoms with van der Waals surface area (Å²) in [4.78, 5) is 50.4. The number of carbonyl (C=O) groups is 4. The molecule has 0 aliphatic heterocycles. The minimum Gasteiger partial charge on any atom is -0.494 e. The van der Waals surface area contributed by atoms with Crippen LogP contribution in [0.15, 0.2) is 121 Å². The van der Waals surface area contributed by atoms with Crippen molar-refractivity contribution in [3.05, 3.63) is 144 Å². The van der Waals surface area contributed by atoms with Crippen LogP contribution in [-0.2, 0) is 0 Å². The van der Waals surface area contributed by atoms with Gasteiger partial charge in [-0.1, -0.05) is 6.07 Å². The van der Waals surface area contributed by atoms with E-state index in [0.717, 1.165) is 0 Å². The summed E-state index contributed by atoms with van der Waals surface area (Å²) in [5.41, 5.74) is 1.12. The summed E-state index contributed by atoms with van der Waals surface area (Å²) >= 11 is 0. The lowest BCUT2D eigenvalue weighted by molar-refractivity contribution is 0.0723. The Morgan fingerprint density at radius 1 is 0.375 bits per heavy atom. The van der Waals surface area contributed by atoms with Crippen LogP contribution in [0, 0.1) is 0 Å².